The van der Waals surface area contributed by atoms with Crippen molar-refractivity contribution >= 4 is 21.6 Å². The summed E-state index contributed by atoms with van der Waals surface area (Å²) in [5.41, 5.74) is 0. The third-order valence-corrected chi connectivity index (χ3v) is 4.29. The van der Waals surface area contributed by atoms with Crippen LogP contribution in [0.2, 0.25) is 0 Å². The van der Waals surface area contributed by atoms with Crippen LogP contribution in [0.1, 0.15) is 20.8 Å². The molecule has 0 aliphatic carbocycles. The summed E-state index contributed by atoms with van der Waals surface area (Å²) in [6.07, 6.45) is 0. The van der Waals surface area contributed by atoms with E-state index in [9.17, 15) is 4.21 Å². The van der Waals surface area contributed by atoms with Gasteiger partial charge in [-0.05, 0) is 43.7 Å². The fourth-order valence-electron chi connectivity index (χ4n) is 1.64. The van der Waals surface area contributed by atoms with Crippen LogP contribution in [-0.4, -0.2) is 8.96 Å². The van der Waals surface area contributed by atoms with Crippen molar-refractivity contribution in [2.45, 2.75) is 30.4 Å². The van der Waals surface area contributed by atoms with Gasteiger partial charge < -0.3 is 0 Å². The topological polar surface area (TPSA) is 17.1 Å². The first-order valence-electron chi connectivity index (χ1n) is 5.39. The first-order valence-corrected chi connectivity index (χ1v) is 6.54. The molecule has 0 aromatic heterocycles. The molecule has 0 saturated heterocycles. The summed E-state index contributed by atoms with van der Waals surface area (Å²) >= 11 is 0. The molecule has 2 aromatic rings. The summed E-state index contributed by atoms with van der Waals surface area (Å²) in [7, 11) is -0.957. The minimum absolute atomic E-state index is 0.206. The second-order valence-corrected chi connectivity index (χ2v) is 7.12. The summed E-state index contributed by atoms with van der Waals surface area (Å²) in [5.74, 6) is 0. The van der Waals surface area contributed by atoms with Crippen molar-refractivity contribution in [1.82, 2.24) is 0 Å². The van der Waals surface area contributed by atoms with E-state index in [0.717, 1.165) is 10.3 Å². The molecule has 0 bridgehead atoms. The molecule has 2 rings (SSSR count). The highest BCUT2D eigenvalue weighted by Crippen LogP contribution is 2.23. The molecule has 0 aliphatic heterocycles. The molecule has 84 valence electrons. The highest BCUT2D eigenvalue weighted by Gasteiger charge is 2.21. The quantitative estimate of drug-likeness (QED) is 0.732. The van der Waals surface area contributed by atoms with E-state index in [1.54, 1.807) is 0 Å². The first-order chi connectivity index (χ1) is 7.48. The summed E-state index contributed by atoms with van der Waals surface area (Å²) in [6, 6.07) is 14.2. The molecule has 0 spiro atoms. The zero-order chi connectivity index (χ0) is 11.8. The number of hydrogen-bond acceptors (Lipinski definition) is 1. The lowest BCUT2D eigenvalue weighted by Gasteiger charge is -2.17. The first kappa shape index (κ1) is 11.3. The maximum atomic E-state index is 12.2. The fourth-order valence-corrected chi connectivity index (χ4v) is 2.77. The molecule has 0 fully saturated rings. The average Bonchev–Trinajstić information content (AvgIpc) is 2.26. The Kier molecular flexibility index (Phi) is 2.85. The van der Waals surface area contributed by atoms with Crippen LogP contribution in [0.5, 0.6) is 0 Å². The molecule has 1 nitrogen and oxygen atoms in total. The smallest absolute Gasteiger partial charge is 0.0583 e. The van der Waals surface area contributed by atoms with Crippen LogP contribution >= 0.6 is 0 Å². The molecule has 0 saturated carbocycles. The van der Waals surface area contributed by atoms with Gasteiger partial charge in [-0.15, -0.1) is 0 Å². The Morgan fingerprint density at radius 1 is 0.938 bits per heavy atom. The van der Waals surface area contributed by atoms with Crippen LogP contribution in [0.3, 0.4) is 0 Å². The number of hydrogen-bond donors (Lipinski definition) is 0. The lowest BCUT2D eigenvalue weighted by Crippen LogP contribution is -2.21. The lowest BCUT2D eigenvalue weighted by molar-refractivity contribution is 0.649. The Bertz CT molecular complexity index is 538. The molecule has 16 heavy (non-hydrogen) atoms. The minimum Gasteiger partial charge on any atom is -0.254 e. The van der Waals surface area contributed by atoms with Gasteiger partial charge in [-0.1, -0.05) is 30.3 Å². The summed E-state index contributed by atoms with van der Waals surface area (Å²) in [6.45, 7) is 5.99. The average molecular weight is 232 g/mol. The van der Waals surface area contributed by atoms with E-state index in [-0.39, 0.29) is 4.75 Å². The van der Waals surface area contributed by atoms with E-state index >= 15 is 0 Å². The second-order valence-electron chi connectivity index (χ2n) is 4.89. The molecule has 0 radical (unpaired) electrons. The van der Waals surface area contributed by atoms with Crippen molar-refractivity contribution < 1.29 is 4.21 Å². The third kappa shape index (κ3) is 2.17. The number of benzene rings is 2. The van der Waals surface area contributed by atoms with Gasteiger partial charge in [0, 0.05) is 9.64 Å². The molecular formula is C14H16OS. The maximum absolute atomic E-state index is 12.2. The summed E-state index contributed by atoms with van der Waals surface area (Å²) in [4.78, 5) is 0.909. The molecule has 1 atom stereocenters. The minimum atomic E-state index is -0.957. The van der Waals surface area contributed by atoms with Gasteiger partial charge in [0.2, 0.25) is 0 Å². The SMILES string of the molecule is CC(C)(C)S(=O)c1ccc2ccccc2c1. The fraction of sp³-hybridized carbons (Fsp3) is 0.286. The van der Waals surface area contributed by atoms with Crippen LogP contribution in [-0.2, 0) is 10.8 Å². The van der Waals surface area contributed by atoms with Gasteiger partial charge in [0.25, 0.3) is 0 Å². The Labute approximate surface area is 98.9 Å². The lowest BCUT2D eigenvalue weighted by atomic mass is 10.1. The largest absolute Gasteiger partial charge is 0.254 e. The van der Waals surface area contributed by atoms with E-state index < -0.39 is 10.8 Å². The van der Waals surface area contributed by atoms with Gasteiger partial charge in [-0.2, -0.15) is 0 Å². The highest BCUT2D eigenvalue weighted by molar-refractivity contribution is 7.86. The van der Waals surface area contributed by atoms with Gasteiger partial charge in [0.1, 0.15) is 0 Å². The molecule has 0 amide bonds. The van der Waals surface area contributed by atoms with E-state index in [0.29, 0.717) is 0 Å². The van der Waals surface area contributed by atoms with Crippen molar-refractivity contribution in [2.75, 3.05) is 0 Å². The second kappa shape index (κ2) is 4.02. The summed E-state index contributed by atoms with van der Waals surface area (Å²) < 4.78 is 12.0. The van der Waals surface area contributed by atoms with Crippen molar-refractivity contribution in [3.8, 4) is 0 Å². The maximum Gasteiger partial charge on any atom is 0.0583 e. The van der Waals surface area contributed by atoms with Crippen LogP contribution in [0.4, 0.5) is 0 Å². The van der Waals surface area contributed by atoms with Crippen LogP contribution in [0.25, 0.3) is 10.8 Å². The van der Waals surface area contributed by atoms with Gasteiger partial charge in [0.15, 0.2) is 0 Å². The molecule has 1 unspecified atom stereocenters. The highest BCUT2D eigenvalue weighted by atomic mass is 32.2. The Morgan fingerprint density at radius 2 is 1.56 bits per heavy atom. The molecule has 2 heteroatoms. The van der Waals surface area contributed by atoms with E-state index in [1.807, 2.05) is 51.1 Å². The number of rotatable bonds is 1. The van der Waals surface area contributed by atoms with Crippen molar-refractivity contribution in [2.24, 2.45) is 0 Å². The van der Waals surface area contributed by atoms with Crippen molar-refractivity contribution in [3.63, 3.8) is 0 Å². The Balaban J connectivity index is 2.52. The van der Waals surface area contributed by atoms with Gasteiger partial charge in [0.05, 0.1) is 10.8 Å². The molecular weight excluding hydrogens is 216 g/mol. The molecule has 0 aliphatic rings. The number of fused-ring (bicyclic) bond motifs is 1. The van der Waals surface area contributed by atoms with E-state index in [2.05, 4.69) is 12.1 Å². The molecule has 0 heterocycles. The zero-order valence-corrected chi connectivity index (χ0v) is 10.7. The Hall–Kier alpha value is -1.15. The zero-order valence-electron chi connectivity index (χ0n) is 9.86. The van der Waals surface area contributed by atoms with Crippen molar-refractivity contribution in [1.29, 1.82) is 0 Å². The monoisotopic (exact) mass is 232 g/mol. The van der Waals surface area contributed by atoms with Gasteiger partial charge in [-0.25, -0.2) is 0 Å². The van der Waals surface area contributed by atoms with Crippen LogP contribution < -0.4 is 0 Å². The molecule has 2 aromatic carbocycles. The predicted molar refractivity (Wildman–Crippen MR) is 70.1 cm³/mol. The van der Waals surface area contributed by atoms with Gasteiger partial charge in [-0.3, -0.25) is 4.21 Å². The summed E-state index contributed by atoms with van der Waals surface area (Å²) in [5, 5.41) is 2.34. The predicted octanol–water partition coefficient (Wildman–Crippen LogP) is 3.75. The van der Waals surface area contributed by atoms with Crippen LogP contribution in [0, 0.1) is 0 Å². The normalized spacial score (nSPS) is 13.9. The Morgan fingerprint density at radius 3 is 2.19 bits per heavy atom. The van der Waals surface area contributed by atoms with E-state index in [1.165, 1.54) is 5.39 Å². The van der Waals surface area contributed by atoms with Crippen molar-refractivity contribution in [3.05, 3.63) is 42.5 Å². The molecule has 0 N–H and O–H groups in total. The van der Waals surface area contributed by atoms with Crippen LogP contribution in [0.15, 0.2) is 47.4 Å². The van der Waals surface area contributed by atoms with Gasteiger partial charge >= 0.3 is 0 Å². The standard InChI is InChI=1S/C14H16OS/c1-14(2,3)16(15)13-9-8-11-6-4-5-7-12(11)10-13/h4-10H,1-3H3. The van der Waals surface area contributed by atoms with E-state index in [4.69, 9.17) is 0 Å². The third-order valence-electron chi connectivity index (χ3n) is 2.49.